The van der Waals surface area contributed by atoms with Gasteiger partial charge in [0.15, 0.2) is 5.78 Å². The molecule has 4 aliphatic heterocycles. The Morgan fingerprint density at radius 3 is 2.62 bits per heavy atom. The highest BCUT2D eigenvalue weighted by Crippen LogP contribution is 2.35. The van der Waals surface area contributed by atoms with Gasteiger partial charge in [-0.25, -0.2) is 9.67 Å². The number of allylic oxidation sites excluding steroid dienone is 1. The number of imide groups is 2. The van der Waals surface area contributed by atoms with E-state index in [1.165, 1.54) is 18.2 Å². The molecule has 0 saturated carbocycles. The molecule has 4 aromatic rings. The molecule has 3 saturated heterocycles. The zero-order valence-electron chi connectivity index (χ0n) is 28.6. The quantitative estimate of drug-likeness (QED) is 0.0949. The SMILES string of the molecule is O=C1CCC(N2C(=O)c3cccc(OCCCc4cn(Cc5cccc(N6C[C@@H]7C[C@@H]6CN7/C=C/C(=O)c6ccccc6O)n5)nn4)c3C2=O)C(=O)N1. The van der Waals surface area contributed by atoms with Crippen molar-refractivity contribution in [3.63, 3.8) is 0 Å². The van der Waals surface area contributed by atoms with Gasteiger partial charge in [-0.2, -0.15) is 0 Å². The van der Waals surface area contributed by atoms with Crippen LogP contribution in [0.2, 0.25) is 0 Å². The van der Waals surface area contributed by atoms with Crippen LogP contribution < -0.4 is 15.0 Å². The molecule has 3 atom stereocenters. The summed E-state index contributed by atoms with van der Waals surface area (Å²) in [5.74, 6) is -1.36. The summed E-state index contributed by atoms with van der Waals surface area (Å²) >= 11 is 0. The fourth-order valence-electron chi connectivity index (χ4n) is 7.55. The second kappa shape index (κ2) is 14.0. The van der Waals surface area contributed by atoms with Gasteiger partial charge in [0.25, 0.3) is 11.8 Å². The van der Waals surface area contributed by atoms with E-state index in [0.717, 1.165) is 41.6 Å². The number of nitrogens with one attached hydrogen (secondary N) is 1. The van der Waals surface area contributed by atoms with E-state index in [-0.39, 0.29) is 65.5 Å². The Labute approximate surface area is 303 Å². The first-order chi connectivity index (χ1) is 25.7. The van der Waals surface area contributed by atoms with Crippen LogP contribution >= 0.6 is 0 Å². The molecule has 3 fully saturated rings. The lowest BCUT2D eigenvalue weighted by molar-refractivity contribution is -0.136. The van der Waals surface area contributed by atoms with E-state index in [1.807, 2.05) is 30.6 Å². The normalized spacial score (nSPS) is 20.8. The molecule has 2 aromatic carbocycles. The first-order valence-electron chi connectivity index (χ1n) is 17.6. The standard InChI is InChI=1S/C38H36N8O7/c47-30-10-2-1-8-27(30)31(48)15-16-43-21-26-18-25(43)22-45(26)33-12-3-6-23(39-33)19-44-20-24(41-42-44)7-5-17-53-32-11-4-9-28-35(32)38(52)46(37(28)51)29-13-14-34(49)40-36(29)50/h1-4,6,8-12,15-16,20,25-26,29,47H,5,7,13-14,17-19,21-22H2,(H,40,49,50)/b16-15+/t25-,26+,29?/m0/s1. The molecule has 15 nitrogen and oxygen atoms in total. The summed E-state index contributed by atoms with van der Waals surface area (Å²) in [6.07, 6.45) is 7.47. The third-order valence-corrected chi connectivity index (χ3v) is 10.1. The largest absolute Gasteiger partial charge is 0.507 e. The van der Waals surface area contributed by atoms with Crippen molar-refractivity contribution in [3.05, 3.63) is 107 Å². The molecule has 2 aromatic heterocycles. The number of hydrogen-bond donors (Lipinski definition) is 2. The van der Waals surface area contributed by atoms with E-state index in [1.54, 1.807) is 35.0 Å². The van der Waals surface area contributed by atoms with Gasteiger partial charge in [0.1, 0.15) is 23.4 Å². The van der Waals surface area contributed by atoms with E-state index in [9.17, 15) is 29.1 Å². The van der Waals surface area contributed by atoms with Crippen molar-refractivity contribution in [2.75, 3.05) is 24.6 Å². The van der Waals surface area contributed by atoms with Gasteiger partial charge < -0.3 is 19.6 Å². The van der Waals surface area contributed by atoms with Crippen LogP contribution in [0.4, 0.5) is 5.82 Å². The molecule has 270 valence electrons. The molecule has 15 heteroatoms. The molecule has 0 spiro atoms. The number of nitrogens with zero attached hydrogens (tertiary/aromatic N) is 7. The molecular formula is C38H36N8O7. The number of benzene rings is 2. The van der Waals surface area contributed by atoms with Crippen molar-refractivity contribution in [1.82, 2.24) is 35.1 Å². The second-order valence-corrected chi connectivity index (χ2v) is 13.6. The molecule has 0 radical (unpaired) electrons. The number of ketones is 1. The summed E-state index contributed by atoms with van der Waals surface area (Å²) in [7, 11) is 0. The first-order valence-corrected chi connectivity index (χ1v) is 17.6. The third-order valence-electron chi connectivity index (χ3n) is 10.1. The van der Waals surface area contributed by atoms with Crippen LogP contribution in [0.3, 0.4) is 0 Å². The van der Waals surface area contributed by atoms with Crippen LogP contribution in [0.25, 0.3) is 0 Å². The van der Waals surface area contributed by atoms with Crippen LogP contribution in [0.1, 0.15) is 68.1 Å². The predicted octanol–water partition coefficient (Wildman–Crippen LogP) is 2.50. The van der Waals surface area contributed by atoms with E-state index in [4.69, 9.17) is 9.72 Å². The van der Waals surface area contributed by atoms with E-state index < -0.39 is 29.7 Å². The lowest BCUT2D eigenvalue weighted by Gasteiger charge is -2.34. The first kappa shape index (κ1) is 33.7. The number of phenols is 1. The predicted molar refractivity (Wildman–Crippen MR) is 188 cm³/mol. The van der Waals surface area contributed by atoms with E-state index in [2.05, 4.69) is 25.4 Å². The highest BCUT2D eigenvalue weighted by atomic mass is 16.5. The van der Waals surface area contributed by atoms with Crippen molar-refractivity contribution in [2.24, 2.45) is 0 Å². The number of hydrogen-bond acceptors (Lipinski definition) is 12. The van der Waals surface area contributed by atoms with Crippen LogP contribution in [-0.2, 0) is 22.6 Å². The maximum Gasteiger partial charge on any atom is 0.266 e. The number of anilines is 1. The molecule has 2 N–H and O–H groups in total. The summed E-state index contributed by atoms with van der Waals surface area (Å²) < 4.78 is 7.69. The maximum atomic E-state index is 13.3. The Morgan fingerprint density at radius 1 is 0.962 bits per heavy atom. The van der Waals surface area contributed by atoms with Crippen LogP contribution in [-0.4, -0.2) is 102 Å². The molecule has 8 rings (SSSR count). The van der Waals surface area contributed by atoms with Crippen molar-refractivity contribution in [2.45, 2.75) is 56.8 Å². The second-order valence-electron chi connectivity index (χ2n) is 13.6. The Morgan fingerprint density at radius 2 is 1.81 bits per heavy atom. The molecular weight excluding hydrogens is 680 g/mol. The van der Waals surface area contributed by atoms with Crippen LogP contribution in [0, 0.1) is 0 Å². The number of aromatic nitrogens is 4. The lowest BCUT2D eigenvalue weighted by atomic mass is 10.0. The van der Waals surface area contributed by atoms with Gasteiger partial charge in [-0.05, 0) is 62.1 Å². The van der Waals surface area contributed by atoms with Gasteiger partial charge in [-0.15, -0.1) is 5.10 Å². The smallest absolute Gasteiger partial charge is 0.266 e. The number of piperazine rings is 1. The number of carbonyl (C=O) groups is 5. The number of phenolic OH excluding ortho intramolecular Hbond substituents is 1. The number of ether oxygens (including phenoxy) is 1. The third kappa shape index (κ3) is 6.61. The Kier molecular flexibility index (Phi) is 8.90. The number of amides is 4. The van der Waals surface area contributed by atoms with Crippen LogP contribution in [0.15, 0.2) is 79.1 Å². The molecule has 1 unspecified atom stereocenters. The van der Waals surface area contributed by atoms with Crippen molar-refractivity contribution < 1.29 is 33.8 Å². The number of likely N-dealkylation sites (tertiary alicyclic amines) is 1. The maximum absolute atomic E-state index is 13.3. The highest BCUT2D eigenvalue weighted by molar-refractivity contribution is 6.24. The number of carbonyl (C=O) groups excluding carboxylic acids is 5. The zero-order chi connectivity index (χ0) is 36.6. The number of rotatable bonds is 12. The minimum Gasteiger partial charge on any atom is -0.507 e. The Bertz CT molecular complexity index is 2160. The summed E-state index contributed by atoms with van der Waals surface area (Å²) in [5.41, 5.74) is 2.19. The Balaban J connectivity index is 0.826. The van der Waals surface area contributed by atoms with Gasteiger partial charge in [0.05, 0.1) is 41.2 Å². The van der Waals surface area contributed by atoms with Gasteiger partial charge in [-0.1, -0.05) is 29.5 Å². The molecule has 2 bridgehead atoms. The monoisotopic (exact) mass is 716 g/mol. The number of piperidine rings is 1. The molecule has 6 heterocycles. The zero-order valence-corrected chi connectivity index (χ0v) is 28.6. The van der Waals surface area contributed by atoms with Gasteiger partial charge in [0.2, 0.25) is 11.8 Å². The molecule has 0 aliphatic carbocycles. The van der Waals surface area contributed by atoms with Gasteiger partial charge in [-0.3, -0.25) is 34.2 Å². The number of aryl methyl sites for hydroxylation is 1. The summed E-state index contributed by atoms with van der Waals surface area (Å²) in [6.45, 7) is 2.27. The minimum absolute atomic E-state index is 0.0236. The van der Waals surface area contributed by atoms with Crippen molar-refractivity contribution >= 4 is 35.2 Å². The number of para-hydroxylation sites is 1. The van der Waals surface area contributed by atoms with E-state index in [0.29, 0.717) is 19.4 Å². The number of fused-ring (bicyclic) bond motifs is 3. The summed E-state index contributed by atoms with van der Waals surface area (Å²) in [6, 6.07) is 16.8. The average Bonchev–Trinajstić information content (AvgIpc) is 3.94. The summed E-state index contributed by atoms with van der Waals surface area (Å²) in [4.78, 5) is 73.3. The fourth-order valence-corrected chi connectivity index (χ4v) is 7.55. The molecule has 53 heavy (non-hydrogen) atoms. The summed E-state index contributed by atoms with van der Waals surface area (Å²) in [5, 5.41) is 20.8. The number of pyridine rings is 1. The Hall–Kier alpha value is -6.38. The minimum atomic E-state index is -1.04. The average molecular weight is 717 g/mol. The molecule has 4 amide bonds. The van der Waals surface area contributed by atoms with Crippen molar-refractivity contribution in [3.8, 4) is 11.5 Å². The molecule has 4 aliphatic rings. The topological polar surface area (TPSA) is 180 Å². The van der Waals surface area contributed by atoms with Gasteiger partial charge >= 0.3 is 0 Å². The lowest BCUT2D eigenvalue weighted by Crippen LogP contribution is -2.54. The van der Waals surface area contributed by atoms with E-state index >= 15 is 0 Å². The number of aromatic hydroxyl groups is 1. The van der Waals surface area contributed by atoms with Crippen LogP contribution in [0.5, 0.6) is 11.5 Å². The highest BCUT2D eigenvalue weighted by Gasteiger charge is 2.46. The fraction of sp³-hybridized carbons (Fsp3) is 0.316. The van der Waals surface area contributed by atoms with Crippen molar-refractivity contribution in [1.29, 1.82) is 0 Å². The van der Waals surface area contributed by atoms with Gasteiger partial charge in [0, 0.05) is 50.1 Å².